The first-order chi connectivity index (χ1) is 11.3. The van der Waals surface area contributed by atoms with Gasteiger partial charge in [-0.2, -0.15) is 13.2 Å². The second-order valence-electron chi connectivity index (χ2n) is 5.33. The van der Waals surface area contributed by atoms with Crippen LogP contribution in [0.3, 0.4) is 0 Å². The predicted molar refractivity (Wildman–Crippen MR) is 75.2 cm³/mol. The number of carboxylic acid groups (broad SMARTS) is 1. The van der Waals surface area contributed by atoms with Crippen LogP contribution in [0.5, 0.6) is 0 Å². The fraction of sp³-hybridized carbons (Fsp3) is 0.467. The second-order valence-corrected chi connectivity index (χ2v) is 5.33. The Bertz CT molecular complexity index is 578. The summed E-state index contributed by atoms with van der Waals surface area (Å²) in [4.78, 5) is 23.6. The van der Waals surface area contributed by atoms with Gasteiger partial charge in [-0.1, -0.05) is 30.3 Å². The van der Waals surface area contributed by atoms with Gasteiger partial charge in [-0.25, -0.2) is 4.79 Å². The maximum Gasteiger partial charge on any atom is 0.416 e. The number of aliphatic carboxylic acids is 1. The maximum atomic E-state index is 12.9. The van der Waals surface area contributed by atoms with E-state index in [1.165, 1.54) is 0 Å². The Labute approximate surface area is 135 Å². The quantitative estimate of drug-likeness (QED) is 0.905. The predicted octanol–water partition coefficient (Wildman–Crippen LogP) is 2.43. The highest BCUT2D eigenvalue weighted by Gasteiger charge is 2.47. The first-order valence-electron chi connectivity index (χ1n) is 7.15. The highest BCUT2D eigenvalue weighted by atomic mass is 19.4. The van der Waals surface area contributed by atoms with E-state index in [1.54, 1.807) is 30.3 Å². The van der Waals surface area contributed by atoms with E-state index in [9.17, 15) is 22.8 Å². The number of amides is 1. The smallest absolute Gasteiger partial charge is 0.416 e. The van der Waals surface area contributed by atoms with E-state index >= 15 is 0 Å². The lowest BCUT2D eigenvalue weighted by atomic mass is 10.1. The third-order valence-corrected chi connectivity index (χ3v) is 3.40. The third-order valence-electron chi connectivity index (χ3n) is 3.40. The Balaban J connectivity index is 2.00. The van der Waals surface area contributed by atoms with Crippen molar-refractivity contribution in [3.8, 4) is 0 Å². The fourth-order valence-corrected chi connectivity index (χ4v) is 2.29. The van der Waals surface area contributed by atoms with Gasteiger partial charge in [0.25, 0.3) is 0 Å². The molecular formula is C15H16F3NO5. The standard InChI is InChI=1S/C15H16F3NO5/c16-15(17,18)12-8-19(7-11(24-12)6-13(20)21)14(22)23-9-10-4-2-1-3-5-10/h1-5,11-12H,6-9H2,(H,20,21). The Morgan fingerprint density at radius 2 is 1.92 bits per heavy atom. The number of halogens is 3. The number of hydrogen-bond donors (Lipinski definition) is 1. The van der Waals surface area contributed by atoms with Gasteiger partial charge in [0.15, 0.2) is 6.10 Å². The van der Waals surface area contributed by atoms with Gasteiger partial charge in [0.2, 0.25) is 0 Å². The second kappa shape index (κ2) is 7.52. The Hall–Kier alpha value is -2.29. The van der Waals surface area contributed by atoms with Crippen molar-refractivity contribution in [3.05, 3.63) is 35.9 Å². The summed E-state index contributed by atoms with van der Waals surface area (Å²) in [5.41, 5.74) is 0.688. The summed E-state index contributed by atoms with van der Waals surface area (Å²) in [5, 5.41) is 8.74. The summed E-state index contributed by atoms with van der Waals surface area (Å²) >= 11 is 0. The minimum absolute atomic E-state index is 0.0860. The van der Waals surface area contributed by atoms with Crippen LogP contribution in [0.25, 0.3) is 0 Å². The lowest BCUT2D eigenvalue weighted by molar-refractivity contribution is -0.251. The number of carbonyl (C=O) groups excluding carboxylic acids is 1. The minimum atomic E-state index is -4.70. The lowest BCUT2D eigenvalue weighted by Gasteiger charge is -2.37. The molecule has 2 unspecified atom stereocenters. The van der Waals surface area contributed by atoms with Crippen molar-refractivity contribution in [3.63, 3.8) is 0 Å². The van der Waals surface area contributed by atoms with Crippen molar-refractivity contribution in [2.24, 2.45) is 0 Å². The number of hydrogen-bond acceptors (Lipinski definition) is 4. The molecule has 1 amide bonds. The summed E-state index contributed by atoms with van der Waals surface area (Å²) in [6.07, 6.45) is -9.75. The van der Waals surface area contributed by atoms with Gasteiger partial charge < -0.3 is 19.5 Å². The summed E-state index contributed by atoms with van der Waals surface area (Å²) in [5.74, 6) is -1.31. The third kappa shape index (κ3) is 5.12. The van der Waals surface area contributed by atoms with E-state index in [1.807, 2.05) is 0 Å². The van der Waals surface area contributed by atoms with E-state index in [4.69, 9.17) is 14.6 Å². The molecule has 0 bridgehead atoms. The molecule has 2 rings (SSSR count). The highest BCUT2D eigenvalue weighted by molar-refractivity contribution is 5.69. The number of rotatable bonds is 4. The van der Waals surface area contributed by atoms with Crippen LogP contribution in [-0.2, 0) is 20.9 Å². The lowest BCUT2D eigenvalue weighted by Crippen LogP contribution is -2.55. The molecule has 0 spiro atoms. The first kappa shape index (κ1) is 18.1. The van der Waals surface area contributed by atoms with Crippen molar-refractivity contribution < 1.29 is 37.3 Å². The van der Waals surface area contributed by atoms with Gasteiger partial charge >= 0.3 is 18.2 Å². The number of alkyl halides is 3. The van der Waals surface area contributed by atoms with Crippen molar-refractivity contribution in [1.82, 2.24) is 4.90 Å². The zero-order valence-corrected chi connectivity index (χ0v) is 12.5. The molecule has 0 aromatic heterocycles. The molecule has 1 aliphatic heterocycles. The van der Waals surface area contributed by atoms with E-state index in [0.29, 0.717) is 5.56 Å². The topological polar surface area (TPSA) is 76.1 Å². The van der Waals surface area contributed by atoms with E-state index in [0.717, 1.165) is 4.90 Å². The Kier molecular flexibility index (Phi) is 5.66. The molecule has 1 saturated heterocycles. The summed E-state index contributed by atoms with van der Waals surface area (Å²) in [6.45, 7) is -1.09. The molecule has 6 nitrogen and oxygen atoms in total. The number of carbonyl (C=O) groups is 2. The van der Waals surface area contributed by atoms with Crippen LogP contribution in [-0.4, -0.2) is 53.5 Å². The maximum absolute atomic E-state index is 12.9. The van der Waals surface area contributed by atoms with Crippen molar-refractivity contribution in [1.29, 1.82) is 0 Å². The van der Waals surface area contributed by atoms with Crippen LogP contribution < -0.4 is 0 Å². The monoisotopic (exact) mass is 347 g/mol. The Morgan fingerprint density at radius 3 is 2.50 bits per heavy atom. The van der Waals surface area contributed by atoms with Gasteiger partial charge in [0, 0.05) is 0 Å². The van der Waals surface area contributed by atoms with Crippen LogP contribution in [0.1, 0.15) is 12.0 Å². The Morgan fingerprint density at radius 1 is 1.25 bits per heavy atom. The molecule has 24 heavy (non-hydrogen) atoms. The largest absolute Gasteiger partial charge is 0.481 e. The van der Waals surface area contributed by atoms with Gasteiger partial charge in [-0.05, 0) is 5.56 Å². The average molecular weight is 347 g/mol. The van der Waals surface area contributed by atoms with E-state index in [2.05, 4.69) is 0 Å². The van der Waals surface area contributed by atoms with Crippen molar-refractivity contribution in [2.75, 3.05) is 13.1 Å². The van der Waals surface area contributed by atoms with Crippen LogP contribution in [0.2, 0.25) is 0 Å². The van der Waals surface area contributed by atoms with Gasteiger partial charge in [0.05, 0.1) is 25.6 Å². The molecule has 2 atom stereocenters. The highest BCUT2D eigenvalue weighted by Crippen LogP contribution is 2.29. The zero-order chi connectivity index (χ0) is 17.7. The van der Waals surface area contributed by atoms with Crippen LogP contribution in [0, 0.1) is 0 Å². The number of benzene rings is 1. The van der Waals surface area contributed by atoms with Crippen molar-refractivity contribution >= 4 is 12.1 Å². The molecule has 1 aromatic rings. The molecule has 1 N–H and O–H groups in total. The number of carboxylic acids is 1. The number of nitrogens with zero attached hydrogens (tertiary/aromatic N) is 1. The summed E-state index contributed by atoms with van der Waals surface area (Å²) < 4.78 is 48.4. The molecule has 0 radical (unpaired) electrons. The molecule has 9 heteroatoms. The summed E-state index contributed by atoms with van der Waals surface area (Å²) in [6, 6.07) is 8.66. The van der Waals surface area contributed by atoms with Crippen LogP contribution in [0.15, 0.2) is 30.3 Å². The van der Waals surface area contributed by atoms with Crippen LogP contribution >= 0.6 is 0 Å². The molecule has 1 heterocycles. The zero-order valence-electron chi connectivity index (χ0n) is 12.5. The normalized spacial score (nSPS) is 21.4. The summed E-state index contributed by atoms with van der Waals surface area (Å²) in [7, 11) is 0. The van der Waals surface area contributed by atoms with Gasteiger partial charge in [0.1, 0.15) is 6.61 Å². The average Bonchev–Trinajstić information content (AvgIpc) is 2.52. The number of morpholine rings is 1. The van der Waals surface area contributed by atoms with E-state index < -0.39 is 43.4 Å². The molecule has 0 saturated carbocycles. The molecule has 0 aliphatic carbocycles. The molecule has 1 aromatic carbocycles. The number of ether oxygens (including phenoxy) is 2. The minimum Gasteiger partial charge on any atom is -0.481 e. The van der Waals surface area contributed by atoms with Gasteiger partial charge in [-0.3, -0.25) is 4.79 Å². The van der Waals surface area contributed by atoms with E-state index in [-0.39, 0.29) is 13.2 Å². The first-order valence-corrected chi connectivity index (χ1v) is 7.15. The van der Waals surface area contributed by atoms with Crippen molar-refractivity contribution in [2.45, 2.75) is 31.4 Å². The molecule has 1 fully saturated rings. The van der Waals surface area contributed by atoms with Crippen LogP contribution in [0.4, 0.5) is 18.0 Å². The SMILES string of the molecule is O=C(O)CC1CN(C(=O)OCc2ccccc2)CC(C(F)(F)F)O1. The molecule has 1 aliphatic rings. The molecular weight excluding hydrogens is 331 g/mol. The molecule has 132 valence electrons. The van der Waals surface area contributed by atoms with Gasteiger partial charge in [-0.15, -0.1) is 0 Å². The fourth-order valence-electron chi connectivity index (χ4n) is 2.29.